The van der Waals surface area contributed by atoms with Crippen LogP contribution in [0.2, 0.25) is 0 Å². The maximum atomic E-state index is 12.5. The molecule has 0 saturated carbocycles. The molecule has 0 fully saturated rings. The van der Waals surface area contributed by atoms with E-state index in [9.17, 15) is 19.8 Å². The summed E-state index contributed by atoms with van der Waals surface area (Å²) in [5.41, 5.74) is 0. The first kappa shape index (κ1) is 69.3. The van der Waals surface area contributed by atoms with E-state index in [0.717, 1.165) is 51.4 Å². The fourth-order valence-corrected chi connectivity index (χ4v) is 10.1. The van der Waals surface area contributed by atoms with Crippen LogP contribution in [0.1, 0.15) is 354 Å². The lowest BCUT2D eigenvalue weighted by Gasteiger charge is -2.22. The number of amides is 1. The van der Waals surface area contributed by atoms with Crippen LogP contribution in [0.4, 0.5) is 0 Å². The molecule has 6 nitrogen and oxygen atoms in total. The fraction of sp³-hybridized carbons (Fsp3) is 0.908. The lowest BCUT2D eigenvalue weighted by molar-refractivity contribution is -0.143. The molecule has 0 heterocycles. The van der Waals surface area contributed by atoms with Crippen LogP contribution in [0.15, 0.2) is 24.3 Å². The maximum absolute atomic E-state index is 12.5. The van der Waals surface area contributed by atoms with Crippen molar-refractivity contribution in [3.8, 4) is 0 Å². The number of hydrogen-bond acceptors (Lipinski definition) is 5. The smallest absolute Gasteiger partial charge is 0.305 e. The zero-order valence-electron chi connectivity index (χ0n) is 48.0. The summed E-state index contributed by atoms with van der Waals surface area (Å²) in [5.74, 6) is -0.0293. The van der Waals surface area contributed by atoms with Crippen molar-refractivity contribution in [3.63, 3.8) is 0 Å². The summed E-state index contributed by atoms with van der Waals surface area (Å²) in [6.45, 7) is 4.91. The molecule has 0 saturated heterocycles. The molecule has 71 heavy (non-hydrogen) atoms. The van der Waals surface area contributed by atoms with E-state index in [4.69, 9.17) is 4.74 Å². The van der Waals surface area contributed by atoms with Crippen molar-refractivity contribution < 1.29 is 24.5 Å². The molecule has 3 N–H and O–H groups in total. The van der Waals surface area contributed by atoms with E-state index in [2.05, 4.69) is 43.5 Å². The Balaban J connectivity index is 3.36. The van der Waals surface area contributed by atoms with Crippen molar-refractivity contribution in [2.75, 3.05) is 13.2 Å². The summed E-state index contributed by atoms with van der Waals surface area (Å²) < 4.78 is 5.47. The quantitative estimate of drug-likeness (QED) is 0.0320. The Morgan fingerprint density at radius 1 is 0.394 bits per heavy atom. The maximum Gasteiger partial charge on any atom is 0.305 e. The summed E-state index contributed by atoms with van der Waals surface area (Å²) >= 11 is 0. The number of hydrogen-bond donors (Lipinski definition) is 3. The second-order valence-corrected chi connectivity index (χ2v) is 22.1. The molecule has 420 valence electrons. The van der Waals surface area contributed by atoms with Crippen LogP contribution >= 0.6 is 0 Å². The van der Waals surface area contributed by atoms with Crippen molar-refractivity contribution in [3.05, 3.63) is 24.3 Å². The number of unbranched alkanes of at least 4 members (excludes halogenated alkanes) is 45. The minimum Gasteiger partial charge on any atom is -0.466 e. The van der Waals surface area contributed by atoms with Crippen molar-refractivity contribution in [2.45, 2.75) is 366 Å². The highest BCUT2D eigenvalue weighted by molar-refractivity contribution is 5.76. The molecule has 0 aromatic heterocycles. The van der Waals surface area contributed by atoms with E-state index in [-0.39, 0.29) is 18.5 Å². The molecule has 2 unspecified atom stereocenters. The molecule has 0 aromatic carbocycles. The Morgan fingerprint density at radius 2 is 0.732 bits per heavy atom. The second kappa shape index (κ2) is 60.9. The van der Waals surface area contributed by atoms with Gasteiger partial charge in [0, 0.05) is 12.8 Å². The molecule has 0 bridgehead atoms. The predicted molar refractivity (Wildman–Crippen MR) is 310 cm³/mol. The van der Waals surface area contributed by atoms with Crippen LogP contribution < -0.4 is 5.32 Å². The third-order valence-electron chi connectivity index (χ3n) is 15.0. The van der Waals surface area contributed by atoms with Crippen molar-refractivity contribution in [1.82, 2.24) is 5.32 Å². The molecule has 6 heteroatoms. The fourth-order valence-electron chi connectivity index (χ4n) is 10.1. The third kappa shape index (κ3) is 57.5. The van der Waals surface area contributed by atoms with Crippen LogP contribution in [0.5, 0.6) is 0 Å². The van der Waals surface area contributed by atoms with Crippen LogP contribution in [-0.4, -0.2) is 47.4 Å². The van der Waals surface area contributed by atoms with Crippen molar-refractivity contribution in [1.29, 1.82) is 0 Å². The number of carbonyl (C=O) groups excluding carboxylic acids is 2. The highest BCUT2D eigenvalue weighted by Gasteiger charge is 2.20. The van der Waals surface area contributed by atoms with Crippen LogP contribution in [0.25, 0.3) is 0 Å². The lowest BCUT2D eigenvalue weighted by Crippen LogP contribution is -2.45. The molecule has 2 atom stereocenters. The summed E-state index contributed by atoms with van der Waals surface area (Å²) in [7, 11) is 0. The van der Waals surface area contributed by atoms with Gasteiger partial charge in [-0.25, -0.2) is 0 Å². The van der Waals surface area contributed by atoms with E-state index < -0.39 is 12.1 Å². The third-order valence-corrected chi connectivity index (χ3v) is 15.0. The minimum atomic E-state index is -0.663. The van der Waals surface area contributed by atoms with Gasteiger partial charge in [-0.2, -0.15) is 0 Å². The summed E-state index contributed by atoms with van der Waals surface area (Å²) in [4.78, 5) is 24.5. The summed E-state index contributed by atoms with van der Waals surface area (Å²) in [6.07, 6.45) is 74.8. The highest BCUT2D eigenvalue weighted by atomic mass is 16.5. The van der Waals surface area contributed by atoms with Gasteiger partial charge in [-0.3, -0.25) is 9.59 Å². The molecule has 0 aliphatic carbocycles. The number of allylic oxidation sites excluding steroid dienone is 4. The van der Waals surface area contributed by atoms with E-state index >= 15 is 0 Å². The van der Waals surface area contributed by atoms with Crippen LogP contribution in [-0.2, 0) is 14.3 Å². The van der Waals surface area contributed by atoms with Gasteiger partial charge in [0.15, 0.2) is 0 Å². The molecule has 0 spiro atoms. The number of esters is 1. The van der Waals surface area contributed by atoms with E-state index in [1.807, 2.05) is 0 Å². The first-order chi connectivity index (χ1) is 35.0. The van der Waals surface area contributed by atoms with Gasteiger partial charge in [-0.15, -0.1) is 0 Å². The number of carbonyl (C=O) groups is 2. The standard InChI is InChI=1S/C65H125NO5/c1-3-5-7-9-11-13-15-17-18-30-34-37-41-45-49-53-57-63(68)62(61-67)66-64(69)58-54-50-46-42-38-35-31-28-26-24-22-20-19-21-23-25-27-29-32-36-40-44-48-52-56-60-71-65(70)59-55-51-47-43-39-33-16-14-12-10-8-6-4-2/h8,10,14,16,62-63,67-68H,3-7,9,11-13,15,17-61H2,1-2H3,(H,66,69)/b10-8-,16-14-. The number of ether oxygens (including phenoxy) is 1. The molecule has 0 aliphatic rings. The van der Waals surface area contributed by atoms with Crippen molar-refractivity contribution in [2.24, 2.45) is 0 Å². The van der Waals surface area contributed by atoms with Gasteiger partial charge in [0.25, 0.3) is 0 Å². The molecule has 0 aromatic rings. The Bertz CT molecular complexity index is 1110. The zero-order chi connectivity index (χ0) is 51.4. The molecular weight excluding hydrogens is 875 g/mol. The second-order valence-electron chi connectivity index (χ2n) is 22.1. The highest BCUT2D eigenvalue weighted by Crippen LogP contribution is 2.18. The predicted octanol–water partition coefficient (Wildman–Crippen LogP) is 20.2. The first-order valence-corrected chi connectivity index (χ1v) is 32.1. The van der Waals surface area contributed by atoms with Gasteiger partial charge in [0.05, 0.1) is 25.4 Å². The van der Waals surface area contributed by atoms with E-state index in [0.29, 0.717) is 25.9 Å². The largest absolute Gasteiger partial charge is 0.466 e. The van der Waals surface area contributed by atoms with Gasteiger partial charge in [0.2, 0.25) is 5.91 Å². The lowest BCUT2D eigenvalue weighted by atomic mass is 10.0. The van der Waals surface area contributed by atoms with Gasteiger partial charge in [-0.1, -0.05) is 314 Å². The van der Waals surface area contributed by atoms with Crippen LogP contribution in [0.3, 0.4) is 0 Å². The van der Waals surface area contributed by atoms with E-state index in [1.165, 1.54) is 270 Å². The Hall–Kier alpha value is -1.66. The molecule has 1 amide bonds. The van der Waals surface area contributed by atoms with Crippen LogP contribution in [0, 0.1) is 0 Å². The molecule has 0 rings (SSSR count). The topological polar surface area (TPSA) is 95.9 Å². The Labute approximate surface area is 443 Å². The number of nitrogens with one attached hydrogen (secondary N) is 1. The molecule has 0 radical (unpaired) electrons. The van der Waals surface area contributed by atoms with Gasteiger partial charge in [-0.05, 0) is 51.4 Å². The monoisotopic (exact) mass is 1000 g/mol. The Morgan fingerprint density at radius 3 is 1.13 bits per heavy atom. The summed E-state index contributed by atoms with van der Waals surface area (Å²) in [6, 6.07) is -0.540. The average molecular weight is 1000 g/mol. The number of aliphatic hydroxyl groups excluding tert-OH is 2. The van der Waals surface area contributed by atoms with Gasteiger partial charge in [0.1, 0.15) is 0 Å². The normalized spacial score (nSPS) is 12.7. The first-order valence-electron chi connectivity index (χ1n) is 32.1. The minimum absolute atomic E-state index is 0.00142. The number of rotatable bonds is 60. The van der Waals surface area contributed by atoms with E-state index in [1.54, 1.807) is 0 Å². The number of aliphatic hydroxyl groups is 2. The summed E-state index contributed by atoms with van der Waals surface area (Å²) in [5, 5.41) is 23.3. The SMILES string of the molecule is CCC/C=C\C/C=C\CCCCCCCC(=O)OCCCCCCCCCCCCCCCCCCCCCCCCCCCC(=O)NC(CO)C(O)CCCCCCCCCCCCCCCCCC. The average Bonchev–Trinajstić information content (AvgIpc) is 3.37. The van der Waals surface area contributed by atoms with Crippen molar-refractivity contribution >= 4 is 11.9 Å². The van der Waals surface area contributed by atoms with Gasteiger partial charge >= 0.3 is 5.97 Å². The van der Waals surface area contributed by atoms with Gasteiger partial charge < -0.3 is 20.3 Å². The zero-order valence-corrected chi connectivity index (χ0v) is 48.0. The molecular formula is C65H125NO5. The Kier molecular flexibility index (Phi) is 59.5. The molecule has 0 aliphatic heterocycles.